The first-order valence-electron chi connectivity index (χ1n) is 4.06. The molecule has 0 N–H and O–H groups in total. The zero-order valence-electron chi connectivity index (χ0n) is 7.76. The van der Waals surface area contributed by atoms with Crippen LogP contribution in [0.1, 0.15) is 22.3 Å². The fourth-order valence-electron chi connectivity index (χ4n) is 1.29. The lowest BCUT2D eigenvalue weighted by molar-refractivity contribution is 1.19. The Morgan fingerprint density at radius 3 is 2.38 bits per heavy atom. The molecule has 0 saturated heterocycles. The molecule has 0 bridgehead atoms. The minimum atomic E-state index is 0.376. The van der Waals surface area contributed by atoms with E-state index in [4.69, 9.17) is 10.5 Å². The highest BCUT2D eigenvalue weighted by atomic mass is 14.3. The van der Waals surface area contributed by atoms with E-state index in [9.17, 15) is 0 Å². The molecule has 64 valence electrons. The van der Waals surface area contributed by atoms with Crippen LogP contribution in [0.2, 0.25) is 0 Å². The summed E-state index contributed by atoms with van der Waals surface area (Å²) >= 11 is 0. The summed E-state index contributed by atoms with van der Waals surface area (Å²) in [7, 11) is 0. The lowest BCUT2D eigenvalue weighted by Crippen LogP contribution is -1.92. The van der Waals surface area contributed by atoms with Crippen molar-refractivity contribution in [3.05, 3.63) is 34.4 Å². The molecular weight excluding hydrogens is 160 g/mol. The summed E-state index contributed by atoms with van der Waals surface area (Å²) in [6.07, 6.45) is 0.376. The number of benzene rings is 1. The molecule has 0 unspecified atom stereocenters. The molecule has 2 nitrogen and oxygen atoms in total. The highest BCUT2D eigenvalue weighted by molar-refractivity contribution is 5.44. The molecule has 0 aliphatic heterocycles. The number of nitriles is 2. The zero-order valence-corrected chi connectivity index (χ0v) is 7.76. The second kappa shape index (κ2) is 3.74. The lowest BCUT2D eigenvalue weighted by atomic mass is 9.99. The summed E-state index contributed by atoms with van der Waals surface area (Å²) < 4.78 is 0. The fraction of sp³-hybridized carbons (Fsp3) is 0.273. The molecule has 1 rings (SSSR count). The molecular formula is C11H10N2. The van der Waals surface area contributed by atoms with Crippen LogP contribution in [0.25, 0.3) is 0 Å². The molecule has 2 heteroatoms. The second-order valence-corrected chi connectivity index (χ2v) is 3.04. The van der Waals surface area contributed by atoms with Crippen molar-refractivity contribution < 1.29 is 0 Å². The van der Waals surface area contributed by atoms with Crippen molar-refractivity contribution in [1.82, 2.24) is 0 Å². The first kappa shape index (κ1) is 9.29. The average Bonchev–Trinajstić information content (AvgIpc) is 2.10. The van der Waals surface area contributed by atoms with E-state index in [-0.39, 0.29) is 0 Å². The van der Waals surface area contributed by atoms with Gasteiger partial charge in [-0.2, -0.15) is 10.5 Å². The maximum Gasteiger partial charge on any atom is 0.0994 e. The zero-order chi connectivity index (χ0) is 9.84. The van der Waals surface area contributed by atoms with Gasteiger partial charge in [0, 0.05) is 0 Å². The minimum Gasteiger partial charge on any atom is -0.198 e. The van der Waals surface area contributed by atoms with Crippen LogP contribution < -0.4 is 0 Å². The smallest absolute Gasteiger partial charge is 0.0994 e. The maximum absolute atomic E-state index is 8.77. The molecule has 1 aromatic rings. The van der Waals surface area contributed by atoms with Gasteiger partial charge in [-0.1, -0.05) is 6.07 Å². The van der Waals surface area contributed by atoms with Crippen molar-refractivity contribution in [3.63, 3.8) is 0 Å². The largest absolute Gasteiger partial charge is 0.198 e. The van der Waals surface area contributed by atoms with Gasteiger partial charge in [0.05, 0.1) is 24.1 Å². The van der Waals surface area contributed by atoms with Crippen LogP contribution in [0.15, 0.2) is 12.1 Å². The average molecular weight is 170 g/mol. The summed E-state index contributed by atoms with van der Waals surface area (Å²) in [5.74, 6) is 0. The Balaban J connectivity index is 3.26. The van der Waals surface area contributed by atoms with Gasteiger partial charge in [-0.15, -0.1) is 0 Å². The van der Waals surface area contributed by atoms with Crippen LogP contribution in [-0.2, 0) is 6.42 Å². The van der Waals surface area contributed by atoms with Gasteiger partial charge < -0.3 is 0 Å². The predicted molar refractivity (Wildman–Crippen MR) is 49.9 cm³/mol. The van der Waals surface area contributed by atoms with Gasteiger partial charge in [0.15, 0.2) is 0 Å². The van der Waals surface area contributed by atoms with Gasteiger partial charge in [-0.25, -0.2) is 0 Å². The molecule has 0 aliphatic rings. The van der Waals surface area contributed by atoms with E-state index in [0.717, 1.165) is 16.7 Å². The third kappa shape index (κ3) is 1.86. The number of hydrogen-bond donors (Lipinski definition) is 0. The molecule has 0 aliphatic carbocycles. The van der Waals surface area contributed by atoms with E-state index in [1.807, 2.05) is 19.9 Å². The Morgan fingerprint density at radius 1 is 1.15 bits per heavy atom. The van der Waals surface area contributed by atoms with E-state index in [1.54, 1.807) is 6.07 Å². The monoisotopic (exact) mass is 170 g/mol. The Morgan fingerprint density at radius 2 is 1.85 bits per heavy atom. The van der Waals surface area contributed by atoms with E-state index < -0.39 is 0 Å². The summed E-state index contributed by atoms with van der Waals surface area (Å²) in [6.45, 7) is 3.86. The van der Waals surface area contributed by atoms with Crippen molar-refractivity contribution in [2.24, 2.45) is 0 Å². The van der Waals surface area contributed by atoms with Crippen LogP contribution >= 0.6 is 0 Å². The van der Waals surface area contributed by atoms with E-state index in [2.05, 4.69) is 12.1 Å². The van der Waals surface area contributed by atoms with Gasteiger partial charge in [0.2, 0.25) is 0 Å². The third-order valence-corrected chi connectivity index (χ3v) is 2.07. The molecule has 0 saturated carbocycles. The Kier molecular flexibility index (Phi) is 2.67. The molecule has 0 amide bonds. The number of aryl methyl sites for hydroxylation is 2. The first-order valence-corrected chi connectivity index (χ1v) is 4.06. The van der Waals surface area contributed by atoms with Crippen molar-refractivity contribution in [2.45, 2.75) is 20.3 Å². The number of hydrogen-bond acceptors (Lipinski definition) is 2. The molecule has 1 aromatic carbocycles. The van der Waals surface area contributed by atoms with Crippen molar-refractivity contribution >= 4 is 0 Å². The fourth-order valence-corrected chi connectivity index (χ4v) is 1.29. The maximum atomic E-state index is 8.77. The van der Waals surface area contributed by atoms with Crippen LogP contribution in [0.3, 0.4) is 0 Å². The molecule has 0 radical (unpaired) electrons. The van der Waals surface area contributed by atoms with Gasteiger partial charge >= 0.3 is 0 Å². The molecule has 13 heavy (non-hydrogen) atoms. The predicted octanol–water partition coefficient (Wildman–Crippen LogP) is 2.24. The third-order valence-electron chi connectivity index (χ3n) is 2.07. The van der Waals surface area contributed by atoms with Crippen LogP contribution in [0.5, 0.6) is 0 Å². The van der Waals surface area contributed by atoms with Crippen LogP contribution in [-0.4, -0.2) is 0 Å². The first-order chi connectivity index (χ1) is 6.19. The summed E-state index contributed by atoms with van der Waals surface area (Å²) in [5, 5.41) is 17.3. The molecule has 0 heterocycles. The van der Waals surface area contributed by atoms with Crippen LogP contribution in [0.4, 0.5) is 0 Å². The SMILES string of the molecule is Cc1cc(C)c(CC#N)cc1C#N. The molecule has 0 fully saturated rings. The Labute approximate surface area is 78.0 Å². The molecule has 0 aromatic heterocycles. The lowest BCUT2D eigenvalue weighted by Gasteiger charge is -2.04. The van der Waals surface area contributed by atoms with Gasteiger partial charge in [-0.05, 0) is 36.6 Å². The summed E-state index contributed by atoms with van der Waals surface area (Å²) in [6, 6.07) is 7.95. The Bertz CT molecular complexity index is 405. The highest BCUT2D eigenvalue weighted by Gasteiger charge is 2.03. The highest BCUT2D eigenvalue weighted by Crippen LogP contribution is 2.15. The second-order valence-electron chi connectivity index (χ2n) is 3.04. The van der Waals surface area contributed by atoms with E-state index >= 15 is 0 Å². The standard InChI is InChI=1S/C11H10N2/c1-8-5-9(2)11(7-13)6-10(8)3-4-12/h5-6H,3H2,1-2H3. The summed E-state index contributed by atoms with van der Waals surface area (Å²) in [5.41, 5.74) is 3.67. The van der Waals surface area contributed by atoms with Gasteiger partial charge in [0.1, 0.15) is 0 Å². The van der Waals surface area contributed by atoms with Crippen molar-refractivity contribution in [1.29, 1.82) is 10.5 Å². The molecule has 0 spiro atoms. The quantitative estimate of drug-likeness (QED) is 0.648. The van der Waals surface area contributed by atoms with Gasteiger partial charge in [0.25, 0.3) is 0 Å². The topological polar surface area (TPSA) is 47.6 Å². The van der Waals surface area contributed by atoms with Crippen molar-refractivity contribution in [3.8, 4) is 12.1 Å². The molecule has 0 atom stereocenters. The number of rotatable bonds is 1. The van der Waals surface area contributed by atoms with E-state index in [1.165, 1.54) is 0 Å². The summed E-state index contributed by atoms with van der Waals surface area (Å²) in [4.78, 5) is 0. The van der Waals surface area contributed by atoms with Crippen molar-refractivity contribution in [2.75, 3.05) is 0 Å². The number of nitrogens with zero attached hydrogens (tertiary/aromatic N) is 2. The van der Waals surface area contributed by atoms with Gasteiger partial charge in [-0.3, -0.25) is 0 Å². The van der Waals surface area contributed by atoms with Crippen LogP contribution in [0, 0.1) is 36.5 Å². The Hall–Kier alpha value is -1.80. The van der Waals surface area contributed by atoms with E-state index in [0.29, 0.717) is 12.0 Å². The normalized spacial score (nSPS) is 8.92. The minimum absolute atomic E-state index is 0.376.